The summed E-state index contributed by atoms with van der Waals surface area (Å²) < 4.78 is 105. The van der Waals surface area contributed by atoms with E-state index in [0.29, 0.717) is 58.0 Å². The predicted molar refractivity (Wildman–Crippen MR) is 240 cm³/mol. The molecule has 6 aromatic carbocycles. The number of methoxy groups -OCH3 is 2. The van der Waals surface area contributed by atoms with E-state index in [2.05, 4.69) is 9.47 Å². The van der Waals surface area contributed by atoms with Crippen LogP contribution in [0, 0.1) is 0 Å². The molecule has 0 aliphatic carbocycles. The van der Waals surface area contributed by atoms with Crippen molar-refractivity contribution < 1.29 is 84.6 Å². The van der Waals surface area contributed by atoms with Crippen LogP contribution in [0.3, 0.4) is 0 Å². The zero-order chi connectivity index (χ0) is 49.9. The van der Waals surface area contributed by atoms with Crippen molar-refractivity contribution in [3.63, 3.8) is 0 Å². The molecule has 0 saturated heterocycles. The molecule has 0 fully saturated rings. The van der Waals surface area contributed by atoms with Crippen molar-refractivity contribution in [2.45, 2.75) is 51.6 Å². The standard InChI is InChI=1S/C24H21F3O5.C17H14ClF3O4.C7H9BO3/c1-30-19-6-3-5-18(14-19)21-10-8-17(13-22(21)32-24(25,26)27)15-31-20-7-2-4-16(12-20)9-11-23(28)29;18-14-6-4-12(9-15(14)25-17(19,20)21)10-24-13-3-1-2-11(8-13)5-7-16(22)23;1-11-7-4-2-3-6(5-7)8(9)10/h2-8,10,12-14H,9,11,15H2,1H3,(H,28,29);1-4,6,8-9H,5,7,10H2,(H,22,23);2-5,9-10H,1H3. The summed E-state index contributed by atoms with van der Waals surface area (Å²) in [5.41, 5.74) is 3.72. The number of aliphatic carboxylic acids is 2. The molecule has 0 aliphatic heterocycles. The Labute approximate surface area is 391 Å². The Morgan fingerprint density at radius 1 is 0.544 bits per heavy atom. The van der Waals surface area contributed by atoms with E-state index < -0.39 is 37.5 Å². The second kappa shape index (κ2) is 25.7. The quantitative estimate of drug-likeness (QED) is 0.0476. The first-order chi connectivity index (χ1) is 32.2. The fourth-order valence-electron chi connectivity index (χ4n) is 5.95. The zero-order valence-electron chi connectivity index (χ0n) is 36.2. The number of benzene rings is 6. The molecule has 0 heterocycles. The van der Waals surface area contributed by atoms with Crippen molar-refractivity contribution in [1.29, 1.82) is 0 Å². The van der Waals surface area contributed by atoms with Crippen LogP contribution in [-0.4, -0.2) is 66.3 Å². The Kier molecular flexibility index (Phi) is 20.2. The summed E-state index contributed by atoms with van der Waals surface area (Å²) in [5, 5.41) is 34.8. The lowest BCUT2D eigenvalue weighted by molar-refractivity contribution is -0.275. The normalized spacial score (nSPS) is 10.9. The van der Waals surface area contributed by atoms with Gasteiger partial charge in [-0.1, -0.05) is 78.3 Å². The molecule has 0 saturated carbocycles. The van der Waals surface area contributed by atoms with Gasteiger partial charge in [0, 0.05) is 18.4 Å². The maximum atomic E-state index is 13.0. The van der Waals surface area contributed by atoms with E-state index in [1.165, 1.54) is 38.5 Å². The number of carboxylic acid groups (broad SMARTS) is 2. The second-order valence-corrected chi connectivity index (χ2v) is 14.6. The van der Waals surface area contributed by atoms with Crippen LogP contribution in [0.2, 0.25) is 5.02 Å². The molecule has 0 unspecified atom stereocenters. The van der Waals surface area contributed by atoms with Crippen LogP contribution in [0.1, 0.15) is 35.1 Å². The highest BCUT2D eigenvalue weighted by Gasteiger charge is 2.33. The largest absolute Gasteiger partial charge is 0.573 e. The fraction of sp³-hybridized carbons (Fsp3) is 0.208. The van der Waals surface area contributed by atoms with Crippen molar-refractivity contribution in [2.75, 3.05) is 14.2 Å². The monoisotopic (exact) mass is 972 g/mol. The van der Waals surface area contributed by atoms with E-state index in [9.17, 15) is 35.9 Å². The number of ether oxygens (including phenoxy) is 6. The lowest BCUT2D eigenvalue weighted by atomic mass is 9.80. The number of hydrogen-bond donors (Lipinski definition) is 4. The molecule has 360 valence electrons. The molecule has 68 heavy (non-hydrogen) atoms. The van der Waals surface area contributed by atoms with Gasteiger partial charge >= 0.3 is 31.8 Å². The number of rotatable bonds is 18. The van der Waals surface area contributed by atoms with Gasteiger partial charge in [-0.25, -0.2) is 0 Å². The van der Waals surface area contributed by atoms with Gasteiger partial charge in [-0.2, -0.15) is 0 Å². The number of carboxylic acids is 2. The maximum absolute atomic E-state index is 13.0. The molecular weight excluding hydrogens is 929 g/mol. The first kappa shape index (κ1) is 53.5. The number of halogens is 7. The van der Waals surface area contributed by atoms with Crippen molar-refractivity contribution in [2.24, 2.45) is 0 Å². The lowest BCUT2D eigenvalue weighted by Gasteiger charge is -2.16. The number of aryl methyl sites for hydroxylation is 2. The molecule has 20 heteroatoms. The molecular formula is C48H44BClF6O12. The van der Waals surface area contributed by atoms with E-state index in [-0.39, 0.29) is 42.4 Å². The van der Waals surface area contributed by atoms with Crippen molar-refractivity contribution in [3.05, 3.63) is 161 Å². The third kappa shape index (κ3) is 19.4. The van der Waals surface area contributed by atoms with Gasteiger partial charge in [-0.15, -0.1) is 26.3 Å². The Morgan fingerprint density at radius 3 is 1.50 bits per heavy atom. The first-order valence-corrected chi connectivity index (χ1v) is 20.5. The SMILES string of the molecule is COc1cccc(-c2ccc(COc3cccc(CCC(=O)O)c3)cc2OC(F)(F)F)c1.COc1cccc(B(O)O)c1.O=C(O)CCc1cccc(OCc2ccc(Cl)c(OC(F)(F)F)c2)c1. The van der Waals surface area contributed by atoms with Crippen LogP contribution in [0.4, 0.5) is 26.3 Å². The molecule has 0 spiro atoms. The Balaban J connectivity index is 0.000000247. The lowest BCUT2D eigenvalue weighted by Crippen LogP contribution is -2.29. The fourth-order valence-corrected chi connectivity index (χ4v) is 6.11. The van der Waals surface area contributed by atoms with Crippen LogP contribution < -0.4 is 33.9 Å². The van der Waals surface area contributed by atoms with Crippen molar-refractivity contribution >= 4 is 36.1 Å². The third-order valence-electron chi connectivity index (χ3n) is 9.13. The predicted octanol–water partition coefficient (Wildman–Crippen LogP) is 10.1. The molecule has 0 bridgehead atoms. The Hall–Kier alpha value is -7.09. The molecule has 6 aromatic rings. The van der Waals surface area contributed by atoms with Crippen molar-refractivity contribution in [3.8, 4) is 45.6 Å². The van der Waals surface area contributed by atoms with E-state index in [1.807, 2.05) is 0 Å². The summed E-state index contributed by atoms with van der Waals surface area (Å²) in [7, 11) is 1.58. The molecule has 0 amide bonds. The number of hydrogen-bond acceptors (Lipinski definition) is 10. The second-order valence-electron chi connectivity index (χ2n) is 14.2. The van der Waals surface area contributed by atoms with Gasteiger partial charge in [-0.3, -0.25) is 9.59 Å². The molecule has 12 nitrogen and oxygen atoms in total. The van der Waals surface area contributed by atoms with Crippen molar-refractivity contribution in [1.82, 2.24) is 0 Å². The third-order valence-corrected chi connectivity index (χ3v) is 9.44. The summed E-state index contributed by atoms with van der Waals surface area (Å²) in [5.74, 6) is -0.535. The van der Waals surface area contributed by atoms with Crippen LogP contribution in [-0.2, 0) is 35.6 Å². The minimum absolute atomic E-state index is 0.00121. The topological polar surface area (TPSA) is 170 Å². The van der Waals surface area contributed by atoms with Gasteiger partial charge in [0.1, 0.15) is 47.7 Å². The highest BCUT2D eigenvalue weighted by atomic mass is 35.5. The molecule has 0 aliphatic rings. The zero-order valence-corrected chi connectivity index (χ0v) is 37.0. The highest BCUT2D eigenvalue weighted by Crippen LogP contribution is 2.37. The van der Waals surface area contributed by atoms with Gasteiger partial charge in [0.05, 0.1) is 19.2 Å². The van der Waals surface area contributed by atoms with E-state index in [4.69, 9.17) is 50.8 Å². The molecule has 0 atom stereocenters. The summed E-state index contributed by atoms with van der Waals surface area (Å²) in [6.07, 6.45) is -8.98. The maximum Gasteiger partial charge on any atom is 0.573 e. The van der Waals surface area contributed by atoms with Gasteiger partial charge in [0.15, 0.2) is 0 Å². The summed E-state index contributed by atoms with van der Waals surface area (Å²) >= 11 is 5.69. The van der Waals surface area contributed by atoms with Gasteiger partial charge in [0.25, 0.3) is 0 Å². The smallest absolute Gasteiger partial charge is 0.497 e. The Morgan fingerprint density at radius 2 is 1.00 bits per heavy atom. The van der Waals surface area contributed by atoms with Crippen LogP contribution in [0.15, 0.2) is 133 Å². The van der Waals surface area contributed by atoms with Crippen LogP contribution in [0.25, 0.3) is 11.1 Å². The molecule has 6 rings (SSSR count). The number of alkyl halides is 6. The average molecular weight is 973 g/mol. The minimum atomic E-state index is -4.86. The summed E-state index contributed by atoms with van der Waals surface area (Å²) in [6.45, 7) is 0.0166. The molecule has 4 N–H and O–H groups in total. The summed E-state index contributed by atoms with van der Waals surface area (Å²) in [6, 6.07) is 35.5. The van der Waals surface area contributed by atoms with Crippen LogP contribution in [0.5, 0.6) is 34.5 Å². The first-order valence-electron chi connectivity index (χ1n) is 20.1. The van der Waals surface area contributed by atoms with E-state index in [0.717, 1.165) is 17.2 Å². The van der Waals surface area contributed by atoms with E-state index >= 15 is 0 Å². The van der Waals surface area contributed by atoms with E-state index in [1.54, 1.807) is 103 Å². The minimum Gasteiger partial charge on any atom is -0.497 e. The van der Waals surface area contributed by atoms with Gasteiger partial charge < -0.3 is 48.7 Å². The summed E-state index contributed by atoms with van der Waals surface area (Å²) in [4.78, 5) is 21.3. The van der Waals surface area contributed by atoms with Gasteiger partial charge in [0.2, 0.25) is 0 Å². The van der Waals surface area contributed by atoms with Gasteiger partial charge in [-0.05, 0) is 113 Å². The molecule has 0 radical (unpaired) electrons. The Bertz CT molecular complexity index is 2570. The van der Waals surface area contributed by atoms with Crippen LogP contribution >= 0.6 is 11.6 Å². The molecule has 0 aromatic heterocycles. The number of carbonyl (C=O) groups is 2. The average Bonchev–Trinajstić information content (AvgIpc) is 3.29. The highest BCUT2D eigenvalue weighted by molar-refractivity contribution is 6.58.